The number of hydrogen-bond acceptors (Lipinski definition) is 6. The fourth-order valence-corrected chi connectivity index (χ4v) is 3.49. The minimum atomic E-state index is -1.30. The lowest BCUT2D eigenvalue weighted by atomic mass is 9.73. The van der Waals surface area contributed by atoms with Gasteiger partial charge in [0, 0.05) is 31.9 Å². The average Bonchev–Trinajstić information content (AvgIpc) is 2.63. The number of rotatable bonds is 5. The molecule has 0 unspecified atom stereocenters. The number of nitrogens with zero attached hydrogens (tertiary/aromatic N) is 3. The molecule has 0 spiro atoms. The second-order valence-corrected chi connectivity index (χ2v) is 6.79. The molecule has 1 aliphatic heterocycles. The summed E-state index contributed by atoms with van der Waals surface area (Å²) in [6, 6.07) is 11.2. The van der Waals surface area contributed by atoms with E-state index in [9.17, 15) is 15.0 Å². The number of carboxylic acid groups (broad SMARTS) is 1. The predicted octanol–water partition coefficient (Wildman–Crippen LogP) is 1.71. The first-order valence-corrected chi connectivity index (χ1v) is 8.68. The van der Waals surface area contributed by atoms with Crippen LogP contribution in [0.15, 0.2) is 36.4 Å². The number of carbonyl (C=O) groups is 1. The topological polar surface area (TPSA) is 98.6 Å². The van der Waals surface area contributed by atoms with Gasteiger partial charge in [-0.05, 0) is 25.3 Å². The molecule has 1 fully saturated rings. The summed E-state index contributed by atoms with van der Waals surface area (Å²) in [7, 11) is 1.78. The largest absolute Gasteiger partial charge is 0.481 e. The van der Waals surface area contributed by atoms with Crippen LogP contribution in [0.5, 0.6) is 0 Å². The van der Waals surface area contributed by atoms with Gasteiger partial charge >= 0.3 is 5.97 Å². The van der Waals surface area contributed by atoms with E-state index in [1.807, 2.05) is 48.2 Å². The summed E-state index contributed by atoms with van der Waals surface area (Å²) in [5.74, 6) is 0.169. The highest BCUT2D eigenvalue weighted by atomic mass is 16.4. The number of aliphatic hydroxyl groups is 1. The number of aryl methyl sites for hydroxylation is 1. The lowest BCUT2D eigenvalue weighted by Crippen LogP contribution is -2.57. The Kier molecular flexibility index (Phi) is 5.08. The molecule has 3 N–H and O–H groups in total. The fourth-order valence-electron chi connectivity index (χ4n) is 3.49. The van der Waals surface area contributed by atoms with E-state index in [0.29, 0.717) is 24.7 Å². The van der Waals surface area contributed by atoms with Crippen molar-refractivity contribution < 1.29 is 15.0 Å². The van der Waals surface area contributed by atoms with Gasteiger partial charge in [-0.3, -0.25) is 4.79 Å². The van der Waals surface area contributed by atoms with Crippen LogP contribution in [0, 0.1) is 12.3 Å². The van der Waals surface area contributed by atoms with E-state index in [0.717, 1.165) is 11.3 Å². The first-order chi connectivity index (χ1) is 12.4. The Labute approximate surface area is 152 Å². The zero-order valence-electron chi connectivity index (χ0n) is 15.0. The minimum Gasteiger partial charge on any atom is -0.481 e. The van der Waals surface area contributed by atoms with Crippen LogP contribution in [0.3, 0.4) is 0 Å². The van der Waals surface area contributed by atoms with Gasteiger partial charge in [0.2, 0.25) is 5.95 Å². The molecule has 0 bridgehead atoms. The molecule has 7 heteroatoms. The summed E-state index contributed by atoms with van der Waals surface area (Å²) in [6.07, 6.45) is -0.318. The van der Waals surface area contributed by atoms with Crippen molar-refractivity contribution in [1.82, 2.24) is 9.97 Å². The number of aromatic nitrogens is 2. The molecule has 0 amide bonds. The normalized spacial score (nSPS) is 22.9. The van der Waals surface area contributed by atoms with Crippen molar-refractivity contribution in [2.45, 2.75) is 25.9 Å². The highest BCUT2D eigenvalue weighted by Crippen LogP contribution is 2.36. The molecule has 1 aliphatic rings. The number of benzene rings is 1. The maximum Gasteiger partial charge on any atom is 0.314 e. The highest BCUT2D eigenvalue weighted by molar-refractivity contribution is 5.77. The summed E-state index contributed by atoms with van der Waals surface area (Å²) < 4.78 is 0. The lowest BCUT2D eigenvalue weighted by Gasteiger charge is -2.43. The Morgan fingerprint density at radius 3 is 2.73 bits per heavy atom. The molecule has 138 valence electrons. The maximum absolute atomic E-state index is 12.2. The minimum absolute atomic E-state index is 0.158. The standard InChI is InChI=1S/C19H24N4O3/c1-13-10-16(20-2)22-18(21-13)23-9-8-15(24)19(12-23,17(25)26)11-14-6-4-3-5-7-14/h3-7,10,15,24H,8-9,11-12H2,1-2H3,(H,25,26)(H,20,21,22)/t15-,19-/m1/s1. The van der Waals surface area contributed by atoms with Gasteiger partial charge in [0.1, 0.15) is 11.2 Å². The number of piperidine rings is 1. The van der Waals surface area contributed by atoms with Crippen molar-refractivity contribution in [3.05, 3.63) is 47.7 Å². The molecular formula is C19H24N4O3. The van der Waals surface area contributed by atoms with Crippen LogP contribution in [-0.2, 0) is 11.2 Å². The molecule has 0 radical (unpaired) electrons. The van der Waals surface area contributed by atoms with Gasteiger partial charge in [-0.15, -0.1) is 0 Å². The van der Waals surface area contributed by atoms with Crippen molar-refractivity contribution >= 4 is 17.7 Å². The smallest absolute Gasteiger partial charge is 0.314 e. The van der Waals surface area contributed by atoms with Gasteiger partial charge in [-0.1, -0.05) is 30.3 Å². The summed E-state index contributed by atoms with van der Waals surface area (Å²) in [4.78, 5) is 23.0. The third-order valence-corrected chi connectivity index (χ3v) is 4.95. The Balaban J connectivity index is 1.94. The Morgan fingerprint density at radius 2 is 2.08 bits per heavy atom. The number of nitrogens with one attached hydrogen (secondary N) is 1. The summed E-state index contributed by atoms with van der Waals surface area (Å²) in [6.45, 7) is 2.54. The van der Waals surface area contributed by atoms with Gasteiger partial charge in [0.15, 0.2) is 0 Å². The summed E-state index contributed by atoms with van der Waals surface area (Å²) >= 11 is 0. The van der Waals surface area contributed by atoms with Crippen LogP contribution in [0.25, 0.3) is 0 Å². The monoisotopic (exact) mass is 356 g/mol. The van der Waals surface area contributed by atoms with Crippen LogP contribution >= 0.6 is 0 Å². The van der Waals surface area contributed by atoms with Crippen molar-refractivity contribution in [3.63, 3.8) is 0 Å². The number of aliphatic carboxylic acids is 1. The van der Waals surface area contributed by atoms with Gasteiger partial charge in [0.25, 0.3) is 0 Å². The molecular weight excluding hydrogens is 332 g/mol. The summed E-state index contributed by atoms with van der Waals surface area (Å²) in [5.41, 5.74) is 0.387. The van der Waals surface area contributed by atoms with Crippen LogP contribution in [-0.4, -0.2) is 52.4 Å². The number of anilines is 2. The molecule has 1 aromatic carbocycles. The van der Waals surface area contributed by atoms with E-state index in [1.54, 1.807) is 7.05 Å². The van der Waals surface area contributed by atoms with Crippen molar-refractivity contribution in [3.8, 4) is 0 Å². The molecule has 3 rings (SSSR count). The third-order valence-electron chi connectivity index (χ3n) is 4.95. The van der Waals surface area contributed by atoms with Gasteiger partial charge in [-0.2, -0.15) is 4.98 Å². The van der Waals surface area contributed by atoms with E-state index in [4.69, 9.17) is 0 Å². The fraction of sp³-hybridized carbons (Fsp3) is 0.421. The maximum atomic E-state index is 12.2. The first kappa shape index (κ1) is 18.1. The Hall–Kier alpha value is -2.67. The molecule has 7 nitrogen and oxygen atoms in total. The number of aliphatic hydroxyl groups excluding tert-OH is 1. The highest BCUT2D eigenvalue weighted by Gasteiger charge is 2.49. The Bertz CT molecular complexity index is 784. The zero-order chi connectivity index (χ0) is 18.7. The van der Waals surface area contributed by atoms with E-state index < -0.39 is 17.5 Å². The molecule has 2 heterocycles. The van der Waals surface area contributed by atoms with E-state index in [1.165, 1.54) is 0 Å². The van der Waals surface area contributed by atoms with Gasteiger partial charge < -0.3 is 20.4 Å². The average molecular weight is 356 g/mol. The summed E-state index contributed by atoms with van der Waals surface area (Å²) in [5, 5.41) is 23.6. The lowest BCUT2D eigenvalue weighted by molar-refractivity contribution is -0.157. The van der Waals surface area contributed by atoms with E-state index in [-0.39, 0.29) is 13.0 Å². The van der Waals surface area contributed by atoms with Crippen LogP contribution in [0.1, 0.15) is 17.7 Å². The number of hydrogen-bond donors (Lipinski definition) is 3. The van der Waals surface area contributed by atoms with Crippen LogP contribution < -0.4 is 10.2 Å². The molecule has 1 saturated heterocycles. The second kappa shape index (κ2) is 7.29. The molecule has 0 aliphatic carbocycles. The van der Waals surface area contributed by atoms with E-state index >= 15 is 0 Å². The van der Waals surface area contributed by atoms with Gasteiger partial charge in [0.05, 0.1) is 6.10 Å². The number of carboxylic acids is 1. The van der Waals surface area contributed by atoms with Crippen molar-refractivity contribution in [2.75, 3.05) is 30.4 Å². The predicted molar refractivity (Wildman–Crippen MR) is 99.4 cm³/mol. The Morgan fingerprint density at radius 1 is 1.35 bits per heavy atom. The SMILES string of the molecule is CNc1cc(C)nc(N2CC[C@@H](O)[C@](Cc3ccccc3)(C(=O)O)C2)n1. The second-order valence-electron chi connectivity index (χ2n) is 6.79. The first-order valence-electron chi connectivity index (χ1n) is 8.68. The molecule has 2 aromatic rings. The quantitative estimate of drug-likeness (QED) is 0.750. The third kappa shape index (κ3) is 3.48. The molecule has 26 heavy (non-hydrogen) atoms. The van der Waals surface area contributed by atoms with E-state index in [2.05, 4.69) is 15.3 Å². The van der Waals surface area contributed by atoms with Crippen molar-refractivity contribution in [1.29, 1.82) is 0 Å². The van der Waals surface area contributed by atoms with Crippen LogP contribution in [0.4, 0.5) is 11.8 Å². The van der Waals surface area contributed by atoms with Crippen molar-refractivity contribution in [2.24, 2.45) is 5.41 Å². The molecule has 1 aromatic heterocycles. The zero-order valence-corrected chi connectivity index (χ0v) is 15.0. The van der Waals surface area contributed by atoms with Crippen LogP contribution in [0.2, 0.25) is 0 Å². The molecule has 0 saturated carbocycles. The molecule has 2 atom stereocenters. The van der Waals surface area contributed by atoms with Gasteiger partial charge in [-0.25, -0.2) is 4.98 Å².